The number of nitrogens with zero attached hydrogens (tertiary/aromatic N) is 4. The zero-order valence-electron chi connectivity index (χ0n) is 15.0. The first-order chi connectivity index (χ1) is 12.8. The molecule has 2 aliphatic heterocycles. The molecule has 0 spiro atoms. The van der Waals surface area contributed by atoms with Gasteiger partial charge in [-0.1, -0.05) is 0 Å². The number of furan rings is 1. The van der Waals surface area contributed by atoms with E-state index in [9.17, 15) is 4.79 Å². The monoisotopic (exact) mass is 358 g/mol. The van der Waals surface area contributed by atoms with Crippen LogP contribution in [0.2, 0.25) is 0 Å². The summed E-state index contributed by atoms with van der Waals surface area (Å²) in [6.07, 6.45) is 8.67. The van der Waals surface area contributed by atoms with Gasteiger partial charge in [-0.2, -0.15) is 0 Å². The molecule has 0 N–H and O–H groups in total. The molecule has 140 valence electrons. The van der Waals surface area contributed by atoms with Gasteiger partial charge in [0.15, 0.2) is 5.76 Å². The molecule has 4 heterocycles. The highest BCUT2D eigenvalue weighted by atomic mass is 16.5. The molecule has 1 unspecified atom stereocenters. The smallest absolute Gasteiger partial charge is 0.289 e. The van der Waals surface area contributed by atoms with E-state index in [-0.39, 0.29) is 11.9 Å². The van der Waals surface area contributed by atoms with Crippen molar-refractivity contribution in [2.24, 2.45) is 0 Å². The third kappa shape index (κ3) is 3.99. The lowest BCUT2D eigenvalue weighted by atomic mass is 10.0. The Bertz CT molecular complexity index is 706. The van der Waals surface area contributed by atoms with Crippen LogP contribution in [-0.4, -0.2) is 70.7 Å². The van der Waals surface area contributed by atoms with Gasteiger partial charge in [-0.3, -0.25) is 9.69 Å². The second kappa shape index (κ2) is 8.05. The number of likely N-dealkylation sites (tertiary alicyclic amines) is 1. The molecule has 2 saturated heterocycles. The number of hydrogen-bond acceptors (Lipinski definition) is 5. The van der Waals surface area contributed by atoms with Crippen molar-refractivity contribution in [1.29, 1.82) is 0 Å². The molecule has 2 fully saturated rings. The summed E-state index contributed by atoms with van der Waals surface area (Å²) in [4.78, 5) is 21.5. The topological polar surface area (TPSA) is 63.7 Å². The Morgan fingerprint density at radius 3 is 2.88 bits per heavy atom. The van der Waals surface area contributed by atoms with Gasteiger partial charge in [-0.05, 0) is 31.4 Å². The highest BCUT2D eigenvalue weighted by Gasteiger charge is 2.30. The third-order valence-electron chi connectivity index (χ3n) is 5.23. The Morgan fingerprint density at radius 2 is 2.08 bits per heavy atom. The second-order valence-electron chi connectivity index (χ2n) is 7.06. The predicted molar refractivity (Wildman–Crippen MR) is 96.0 cm³/mol. The molecule has 7 heteroatoms. The minimum atomic E-state index is 0.0137. The number of imidazole rings is 1. The summed E-state index contributed by atoms with van der Waals surface area (Å²) in [5, 5.41) is 0. The molecule has 4 rings (SSSR count). The van der Waals surface area contributed by atoms with Crippen LogP contribution in [-0.2, 0) is 11.3 Å². The van der Waals surface area contributed by atoms with Gasteiger partial charge in [0.1, 0.15) is 5.76 Å². The maximum absolute atomic E-state index is 13.0. The minimum absolute atomic E-state index is 0.0137. The Kier molecular flexibility index (Phi) is 5.36. The fraction of sp³-hybridized carbons (Fsp3) is 0.579. The number of amides is 1. The normalized spacial score (nSPS) is 21.8. The van der Waals surface area contributed by atoms with E-state index in [2.05, 4.69) is 9.88 Å². The maximum Gasteiger partial charge on any atom is 0.289 e. The standard InChI is InChI=1S/C19H26N4O3/c24-19(18-5-4-17(26-18)14-22-8-6-20-15-22)23-7-2-1-3-16(23)13-21-9-11-25-12-10-21/h4-6,8,15-16H,1-3,7,9-14H2. The highest BCUT2D eigenvalue weighted by Crippen LogP contribution is 2.22. The summed E-state index contributed by atoms with van der Waals surface area (Å²) in [7, 11) is 0. The molecule has 0 aliphatic carbocycles. The number of hydrogen-bond donors (Lipinski definition) is 0. The fourth-order valence-electron chi connectivity index (χ4n) is 3.82. The minimum Gasteiger partial charge on any atom is -0.454 e. The molecule has 0 saturated carbocycles. The van der Waals surface area contributed by atoms with Crippen LogP contribution in [0, 0.1) is 0 Å². The van der Waals surface area contributed by atoms with Crippen molar-refractivity contribution in [3.05, 3.63) is 42.4 Å². The fourth-order valence-corrected chi connectivity index (χ4v) is 3.82. The first kappa shape index (κ1) is 17.3. The van der Waals surface area contributed by atoms with Crippen molar-refractivity contribution in [3.63, 3.8) is 0 Å². The van der Waals surface area contributed by atoms with Crippen molar-refractivity contribution in [2.75, 3.05) is 39.4 Å². The lowest BCUT2D eigenvalue weighted by Crippen LogP contribution is -2.51. The lowest BCUT2D eigenvalue weighted by molar-refractivity contribution is 0.0158. The van der Waals surface area contributed by atoms with Gasteiger partial charge < -0.3 is 18.6 Å². The zero-order chi connectivity index (χ0) is 17.8. The molecule has 1 amide bonds. The molecule has 0 aromatic carbocycles. The second-order valence-corrected chi connectivity index (χ2v) is 7.06. The number of morpholine rings is 1. The number of ether oxygens (including phenoxy) is 1. The van der Waals surface area contributed by atoms with Crippen LogP contribution in [0.4, 0.5) is 0 Å². The Labute approximate surface area is 153 Å². The SMILES string of the molecule is O=C(c1ccc(Cn2ccnc2)o1)N1CCCCC1CN1CCOCC1. The van der Waals surface area contributed by atoms with Gasteiger partial charge in [-0.25, -0.2) is 4.98 Å². The third-order valence-corrected chi connectivity index (χ3v) is 5.23. The zero-order valence-corrected chi connectivity index (χ0v) is 15.0. The number of rotatable bonds is 5. The van der Waals surface area contributed by atoms with Crippen molar-refractivity contribution >= 4 is 5.91 Å². The average molecular weight is 358 g/mol. The van der Waals surface area contributed by atoms with Crippen molar-refractivity contribution in [1.82, 2.24) is 19.4 Å². The van der Waals surface area contributed by atoms with Crippen LogP contribution in [0.3, 0.4) is 0 Å². The number of carbonyl (C=O) groups excluding carboxylic acids is 1. The molecular formula is C19H26N4O3. The summed E-state index contributed by atoms with van der Waals surface area (Å²) in [6, 6.07) is 3.94. The molecule has 2 aromatic rings. The van der Waals surface area contributed by atoms with E-state index in [1.807, 2.05) is 21.7 Å². The van der Waals surface area contributed by atoms with Crippen molar-refractivity contribution in [2.45, 2.75) is 31.8 Å². The molecular weight excluding hydrogens is 332 g/mol. The Morgan fingerprint density at radius 1 is 1.19 bits per heavy atom. The van der Waals surface area contributed by atoms with E-state index in [1.165, 1.54) is 6.42 Å². The average Bonchev–Trinajstić information content (AvgIpc) is 3.35. The first-order valence-corrected chi connectivity index (χ1v) is 9.45. The summed E-state index contributed by atoms with van der Waals surface area (Å²) in [6.45, 7) is 5.81. The molecule has 0 bridgehead atoms. The first-order valence-electron chi connectivity index (χ1n) is 9.45. The van der Waals surface area contributed by atoms with E-state index in [4.69, 9.17) is 9.15 Å². The van der Waals surface area contributed by atoms with Gasteiger partial charge in [-0.15, -0.1) is 0 Å². The van der Waals surface area contributed by atoms with E-state index >= 15 is 0 Å². The molecule has 26 heavy (non-hydrogen) atoms. The molecule has 2 aromatic heterocycles. The van der Waals surface area contributed by atoms with Crippen LogP contribution in [0.1, 0.15) is 35.6 Å². The van der Waals surface area contributed by atoms with Gasteiger partial charge in [0, 0.05) is 44.6 Å². The molecule has 1 atom stereocenters. The Balaban J connectivity index is 1.42. The van der Waals surface area contributed by atoms with Crippen LogP contribution < -0.4 is 0 Å². The van der Waals surface area contributed by atoms with E-state index in [0.717, 1.165) is 58.0 Å². The largest absolute Gasteiger partial charge is 0.454 e. The van der Waals surface area contributed by atoms with Crippen molar-refractivity contribution < 1.29 is 13.9 Å². The van der Waals surface area contributed by atoms with Gasteiger partial charge in [0.25, 0.3) is 5.91 Å². The molecule has 2 aliphatic rings. The van der Waals surface area contributed by atoms with Crippen LogP contribution in [0.25, 0.3) is 0 Å². The van der Waals surface area contributed by atoms with Crippen LogP contribution in [0.15, 0.2) is 35.3 Å². The summed E-state index contributed by atoms with van der Waals surface area (Å²) in [5.74, 6) is 1.22. The van der Waals surface area contributed by atoms with E-state index < -0.39 is 0 Å². The number of piperidine rings is 1. The van der Waals surface area contributed by atoms with E-state index in [1.54, 1.807) is 18.6 Å². The summed E-state index contributed by atoms with van der Waals surface area (Å²) < 4.78 is 13.2. The quantitative estimate of drug-likeness (QED) is 0.816. The van der Waals surface area contributed by atoms with Crippen molar-refractivity contribution in [3.8, 4) is 0 Å². The maximum atomic E-state index is 13.0. The molecule has 0 radical (unpaired) electrons. The van der Waals surface area contributed by atoms with Gasteiger partial charge >= 0.3 is 0 Å². The van der Waals surface area contributed by atoms with E-state index in [0.29, 0.717) is 12.3 Å². The summed E-state index contributed by atoms with van der Waals surface area (Å²) in [5.41, 5.74) is 0. The predicted octanol–water partition coefficient (Wildman–Crippen LogP) is 1.85. The molecule has 7 nitrogen and oxygen atoms in total. The highest BCUT2D eigenvalue weighted by molar-refractivity contribution is 5.91. The number of aromatic nitrogens is 2. The lowest BCUT2D eigenvalue weighted by Gasteiger charge is -2.39. The van der Waals surface area contributed by atoms with Gasteiger partial charge in [0.05, 0.1) is 26.1 Å². The number of carbonyl (C=O) groups is 1. The van der Waals surface area contributed by atoms with Gasteiger partial charge in [0.2, 0.25) is 0 Å². The summed E-state index contributed by atoms with van der Waals surface area (Å²) >= 11 is 0. The van der Waals surface area contributed by atoms with Crippen LogP contribution >= 0.6 is 0 Å². The Hall–Kier alpha value is -2.12. The van der Waals surface area contributed by atoms with Crippen LogP contribution in [0.5, 0.6) is 0 Å².